The molecular formula is C60H102O6. The van der Waals surface area contributed by atoms with Crippen molar-refractivity contribution in [2.24, 2.45) is 0 Å². The average molecular weight is 919 g/mol. The maximum atomic E-state index is 12.8. The van der Waals surface area contributed by atoms with E-state index in [2.05, 4.69) is 45.1 Å². The van der Waals surface area contributed by atoms with Crippen LogP contribution in [-0.4, -0.2) is 37.2 Å². The highest BCUT2D eigenvalue weighted by atomic mass is 16.6. The zero-order valence-corrected chi connectivity index (χ0v) is 43.2. The summed E-state index contributed by atoms with van der Waals surface area (Å²) in [5.41, 5.74) is 0. The van der Waals surface area contributed by atoms with Crippen LogP contribution in [0.3, 0.4) is 0 Å². The van der Waals surface area contributed by atoms with Gasteiger partial charge in [-0.2, -0.15) is 0 Å². The molecule has 1 atom stereocenters. The molecule has 0 aromatic carbocycles. The molecule has 0 aliphatic rings. The SMILES string of the molecule is CC\C=C/C=C\C=C/C=C\C=C\C=C/CCCCCC(=O)OC(COC(=O)CCCCCCCCC/C=C\CCCCCCCCCC)COC(=O)CCCCCCCCCCCCCC. The van der Waals surface area contributed by atoms with E-state index in [0.29, 0.717) is 19.3 Å². The molecule has 0 amide bonds. The molecule has 66 heavy (non-hydrogen) atoms. The number of rotatable bonds is 49. The number of unbranched alkanes of at least 4 members (excludes halogenated alkanes) is 29. The lowest BCUT2D eigenvalue weighted by molar-refractivity contribution is -0.167. The van der Waals surface area contributed by atoms with Gasteiger partial charge in [0.25, 0.3) is 0 Å². The Morgan fingerprint density at radius 2 is 0.606 bits per heavy atom. The third kappa shape index (κ3) is 51.6. The van der Waals surface area contributed by atoms with Crippen molar-refractivity contribution >= 4 is 17.9 Å². The largest absolute Gasteiger partial charge is 0.462 e. The normalized spacial score (nSPS) is 12.7. The molecule has 0 saturated carbocycles. The first-order valence-electron chi connectivity index (χ1n) is 27.7. The van der Waals surface area contributed by atoms with Gasteiger partial charge in [-0.25, -0.2) is 0 Å². The molecule has 0 fully saturated rings. The van der Waals surface area contributed by atoms with Gasteiger partial charge >= 0.3 is 17.9 Å². The summed E-state index contributed by atoms with van der Waals surface area (Å²) in [4.78, 5) is 38.1. The van der Waals surface area contributed by atoms with Crippen molar-refractivity contribution in [1.82, 2.24) is 0 Å². The summed E-state index contributed by atoms with van der Waals surface area (Å²) in [6.45, 7) is 6.46. The predicted molar refractivity (Wildman–Crippen MR) is 284 cm³/mol. The van der Waals surface area contributed by atoms with Crippen LogP contribution in [0.2, 0.25) is 0 Å². The molecular weight excluding hydrogens is 817 g/mol. The molecule has 6 heteroatoms. The molecule has 0 aromatic heterocycles. The summed E-state index contributed by atoms with van der Waals surface area (Å²) in [6.07, 6.45) is 70.0. The van der Waals surface area contributed by atoms with Crippen LogP contribution < -0.4 is 0 Å². The second-order valence-corrected chi connectivity index (χ2v) is 18.3. The first kappa shape index (κ1) is 62.6. The van der Waals surface area contributed by atoms with Crippen LogP contribution >= 0.6 is 0 Å². The van der Waals surface area contributed by atoms with Crippen molar-refractivity contribution in [3.8, 4) is 0 Å². The summed E-state index contributed by atoms with van der Waals surface area (Å²) in [6, 6.07) is 0. The van der Waals surface area contributed by atoms with Gasteiger partial charge < -0.3 is 14.2 Å². The molecule has 0 heterocycles. The average Bonchev–Trinajstić information content (AvgIpc) is 3.31. The molecule has 0 N–H and O–H groups in total. The van der Waals surface area contributed by atoms with Crippen LogP contribution in [0.25, 0.3) is 0 Å². The van der Waals surface area contributed by atoms with Crippen LogP contribution in [0, 0.1) is 0 Å². The van der Waals surface area contributed by atoms with E-state index in [0.717, 1.165) is 64.2 Å². The van der Waals surface area contributed by atoms with E-state index in [1.165, 1.54) is 148 Å². The van der Waals surface area contributed by atoms with E-state index < -0.39 is 6.10 Å². The Balaban J connectivity index is 4.44. The number of hydrogen-bond acceptors (Lipinski definition) is 6. The highest BCUT2D eigenvalue weighted by Crippen LogP contribution is 2.15. The van der Waals surface area contributed by atoms with Gasteiger partial charge in [0.2, 0.25) is 0 Å². The van der Waals surface area contributed by atoms with E-state index in [9.17, 15) is 14.4 Å². The van der Waals surface area contributed by atoms with Crippen LogP contribution in [0.4, 0.5) is 0 Å². The fourth-order valence-corrected chi connectivity index (χ4v) is 7.65. The number of carbonyl (C=O) groups is 3. The molecule has 0 rings (SSSR count). The van der Waals surface area contributed by atoms with Gasteiger partial charge in [-0.1, -0.05) is 260 Å². The number of hydrogen-bond donors (Lipinski definition) is 0. The minimum absolute atomic E-state index is 0.0946. The van der Waals surface area contributed by atoms with Crippen LogP contribution in [-0.2, 0) is 28.6 Å². The Labute approximate surface area is 407 Å². The highest BCUT2D eigenvalue weighted by Gasteiger charge is 2.19. The third-order valence-electron chi connectivity index (χ3n) is 11.8. The van der Waals surface area contributed by atoms with Gasteiger partial charge in [0.05, 0.1) is 0 Å². The first-order chi connectivity index (χ1) is 32.5. The minimum Gasteiger partial charge on any atom is -0.462 e. The molecule has 0 saturated heterocycles. The number of esters is 3. The Morgan fingerprint density at radius 3 is 0.985 bits per heavy atom. The van der Waals surface area contributed by atoms with Crippen molar-refractivity contribution in [2.45, 2.75) is 264 Å². The van der Waals surface area contributed by atoms with E-state index in [4.69, 9.17) is 14.2 Å². The molecule has 0 aromatic rings. The Hall–Kier alpha value is -3.41. The molecule has 1 unspecified atom stereocenters. The predicted octanol–water partition coefficient (Wildman–Crippen LogP) is 18.4. The van der Waals surface area contributed by atoms with Crippen molar-refractivity contribution in [3.05, 3.63) is 85.1 Å². The zero-order chi connectivity index (χ0) is 47.9. The molecule has 6 nitrogen and oxygen atoms in total. The van der Waals surface area contributed by atoms with Gasteiger partial charge in [0, 0.05) is 19.3 Å². The summed E-state index contributed by atoms with van der Waals surface area (Å²) in [7, 11) is 0. The van der Waals surface area contributed by atoms with Gasteiger partial charge in [-0.15, -0.1) is 0 Å². The maximum absolute atomic E-state index is 12.8. The maximum Gasteiger partial charge on any atom is 0.306 e. The quantitative estimate of drug-likeness (QED) is 0.0199. The van der Waals surface area contributed by atoms with E-state index in [1.54, 1.807) is 0 Å². The van der Waals surface area contributed by atoms with Gasteiger partial charge in [-0.3, -0.25) is 14.4 Å². The molecule has 0 spiro atoms. The lowest BCUT2D eigenvalue weighted by Crippen LogP contribution is -2.30. The van der Waals surface area contributed by atoms with Crippen LogP contribution in [0.1, 0.15) is 258 Å². The minimum atomic E-state index is -0.800. The van der Waals surface area contributed by atoms with Crippen LogP contribution in [0.15, 0.2) is 85.1 Å². The molecule has 0 bridgehead atoms. The Kier molecular flexibility index (Phi) is 51.4. The molecule has 378 valence electrons. The summed E-state index contributed by atoms with van der Waals surface area (Å²) in [5.74, 6) is -0.939. The second-order valence-electron chi connectivity index (χ2n) is 18.3. The number of allylic oxidation sites excluding steroid dienone is 14. The fourth-order valence-electron chi connectivity index (χ4n) is 7.65. The fraction of sp³-hybridized carbons (Fsp3) is 0.717. The Morgan fingerprint density at radius 1 is 0.318 bits per heavy atom. The Bertz CT molecular complexity index is 1290. The van der Waals surface area contributed by atoms with Gasteiger partial charge in [-0.05, 0) is 64.2 Å². The van der Waals surface area contributed by atoms with Crippen molar-refractivity contribution in [3.63, 3.8) is 0 Å². The number of carbonyl (C=O) groups excluding carboxylic acids is 3. The van der Waals surface area contributed by atoms with Crippen LogP contribution in [0.5, 0.6) is 0 Å². The summed E-state index contributed by atoms with van der Waals surface area (Å²) < 4.78 is 16.8. The second kappa shape index (κ2) is 54.2. The monoisotopic (exact) mass is 919 g/mol. The van der Waals surface area contributed by atoms with Crippen molar-refractivity contribution in [2.75, 3.05) is 13.2 Å². The smallest absolute Gasteiger partial charge is 0.306 e. The molecule has 0 aliphatic heterocycles. The topological polar surface area (TPSA) is 78.9 Å². The third-order valence-corrected chi connectivity index (χ3v) is 11.8. The zero-order valence-electron chi connectivity index (χ0n) is 43.2. The van der Waals surface area contributed by atoms with Gasteiger partial charge in [0.15, 0.2) is 6.10 Å². The number of ether oxygens (including phenoxy) is 3. The van der Waals surface area contributed by atoms with Gasteiger partial charge in [0.1, 0.15) is 13.2 Å². The first-order valence-corrected chi connectivity index (χ1v) is 27.7. The van der Waals surface area contributed by atoms with E-state index in [1.807, 2.05) is 60.8 Å². The lowest BCUT2D eigenvalue weighted by Gasteiger charge is -2.18. The lowest BCUT2D eigenvalue weighted by atomic mass is 10.0. The standard InChI is InChI=1S/C60H102O6/c1-4-7-10-13-16-19-22-25-27-29-30-32-33-35-38-41-44-47-50-53-59(62)65-56-57(55-64-58(61)52-49-46-43-40-37-24-21-18-15-12-9-6-3)66-60(63)54-51-48-45-42-39-36-34-31-28-26-23-20-17-14-11-8-5-2/h8,11,14,17,20,23,26,28-31,34,36,39,57H,4-7,9-10,12-13,15-16,18-19,21-22,24-25,27,32-33,35,37-38,40-56H2,1-3H3/b11-8-,17-14-,23-20-,28-26-,30-29-,34-31+,39-36-. The molecule has 0 radical (unpaired) electrons. The van der Waals surface area contributed by atoms with E-state index in [-0.39, 0.29) is 37.5 Å². The summed E-state index contributed by atoms with van der Waals surface area (Å²) in [5, 5.41) is 0. The van der Waals surface area contributed by atoms with E-state index >= 15 is 0 Å². The summed E-state index contributed by atoms with van der Waals surface area (Å²) >= 11 is 0. The van der Waals surface area contributed by atoms with Crippen molar-refractivity contribution < 1.29 is 28.6 Å². The molecule has 0 aliphatic carbocycles. The highest BCUT2D eigenvalue weighted by molar-refractivity contribution is 5.71. The van der Waals surface area contributed by atoms with Crippen molar-refractivity contribution in [1.29, 1.82) is 0 Å².